The van der Waals surface area contributed by atoms with Gasteiger partial charge < -0.3 is 29.6 Å². The number of unbranched alkanes of at least 4 members (excludes halogenated alkanes) is 1. The van der Waals surface area contributed by atoms with Crippen molar-refractivity contribution in [3.05, 3.63) is 0 Å². The molecule has 0 aliphatic carbocycles. The molecular weight excluding hydrogens is 475 g/mol. The fraction of sp³-hybridized carbons (Fsp3) is 0.773. The zero-order valence-electron chi connectivity index (χ0n) is 22.5. The largest absolute Gasteiger partial charge is 0.464 e. The number of hydrogen-bond acceptors (Lipinski definition) is 10. The maximum atomic E-state index is 12.9. The van der Waals surface area contributed by atoms with Gasteiger partial charge in [-0.25, -0.2) is 19.4 Å². The molecule has 0 radical (unpaired) electrons. The van der Waals surface area contributed by atoms with Crippen molar-refractivity contribution in [3.8, 4) is 0 Å². The smallest absolute Gasteiger partial charge is 0.451 e. The molecule has 1 atom stereocenters. The summed E-state index contributed by atoms with van der Waals surface area (Å²) in [5.41, 5.74) is -3.34. The number of hydrogen-bond donors (Lipinski definition) is 5. The number of carbonyl (C=O) groups excluding carboxylic acids is 4. The van der Waals surface area contributed by atoms with Crippen LogP contribution in [0.2, 0.25) is 6.32 Å². The van der Waals surface area contributed by atoms with Crippen molar-refractivity contribution in [2.24, 2.45) is 4.99 Å². The summed E-state index contributed by atoms with van der Waals surface area (Å²) < 4.78 is 15.6. The van der Waals surface area contributed by atoms with E-state index in [0.29, 0.717) is 12.8 Å². The van der Waals surface area contributed by atoms with Crippen molar-refractivity contribution in [1.82, 2.24) is 16.0 Å². The molecule has 206 valence electrons. The number of guanidine groups is 1. The average molecular weight is 516 g/mol. The van der Waals surface area contributed by atoms with Crippen LogP contribution >= 0.6 is 0 Å². The molecule has 0 spiro atoms. The van der Waals surface area contributed by atoms with Crippen LogP contribution in [0.5, 0.6) is 0 Å². The second-order valence-electron chi connectivity index (χ2n) is 10.1. The number of nitrogens with one attached hydrogen (secondary N) is 3. The topological polar surface area (TPSA) is 185 Å². The molecule has 5 N–H and O–H groups in total. The molecule has 14 heteroatoms. The van der Waals surface area contributed by atoms with Gasteiger partial charge in [-0.2, -0.15) is 0 Å². The van der Waals surface area contributed by atoms with Gasteiger partial charge >= 0.3 is 25.3 Å². The molecule has 0 aromatic rings. The van der Waals surface area contributed by atoms with Crippen molar-refractivity contribution in [1.29, 1.82) is 0 Å². The third kappa shape index (κ3) is 15.2. The van der Waals surface area contributed by atoms with Gasteiger partial charge in [0.05, 0.1) is 13.2 Å². The predicted molar refractivity (Wildman–Crippen MR) is 133 cm³/mol. The van der Waals surface area contributed by atoms with Crippen LogP contribution < -0.4 is 16.0 Å². The first-order valence-electron chi connectivity index (χ1n) is 11.8. The summed E-state index contributed by atoms with van der Waals surface area (Å²) >= 11 is 0. The second-order valence-corrected chi connectivity index (χ2v) is 10.1. The van der Waals surface area contributed by atoms with Gasteiger partial charge in [-0.3, -0.25) is 15.4 Å². The van der Waals surface area contributed by atoms with Crippen molar-refractivity contribution < 1.29 is 43.4 Å². The van der Waals surface area contributed by atoms with Crippen molar-refractivity contribution in [2.75, 3.05) is 13.2 Å². The van der Waals surface area contributed by atoms with Crippen LogP contribution in [0.3, 0.4) is 0 Å². The first kappa shape index (κ1) is 33.1. The minimum Gasteiger partial charge on any atom is -0.464 e. The van der Waals surface area contributed by atoms with Crippen LogP contribution in [0.25, 0.3) is 0 Å². The Kier molecular flexibility index (Phi) is 13.5. The Labute approximate surface area is 212 Å². The summed E-state index contributed by atoms with van der Waals surface area (Å²) in [4.78, 5) is 53.8. The Morgan fingerprint density at radius 1 is 0.889 bits per heavy atom. The zero-order valence-corrected chi connectivity index (χ0v) is 22.5. The van der Waals surface area contributed by atoms with E-state index < -0.39 is 54.5 Å². The Morgan fingerprint density at radius 2 is 1.39 bits per heavy atom. The molecule has 0 rings (SSSR count). The minimum absolute atomic E-state index is 0.0262. The SMILES string of the molecule is CCOC(=O)C(CCCCB(O)O)(CN=C(NC(=O)OC(C)(C)C)NC(=O)OC(C)(C)C)NC(C)=O. The number of ether oxygens (including phenoxy) is 3. The Balaban J connectivity index is 6.11. The maximum absolute atomic E-state index is 12.9. The van der Waals surface area contributed by atoms with Gasteiger partial charge in [0.25, 0.3) is 0 Å². The number of esters is 1. The van der Waals surface area contributed by atoms with Gasteiger partial charge in [0.2, 0.25) is 11.9 Å². The van der Waals surface area contributed by atoms with Crippen molar-refractivity contribution in [2.45, 2.75) is 97.7 Å². The molecule has 0 aliphatic heterocycles. The number of nitrogens with zero attached hydrogens (tertiary/aromatic N) is 1. The third-order valence-corrected chi connectivity index (χ3v) is 4.14. The molecule has 0 saturated heterocycles. The Morgan fingerprint density at radius 3 is 1.78 bits per heavy atom. The minimum atomic E-state index is -1.65. The lowest BCUT2D eigenvalue weighted by Gasteiger charge is -2.31. The molecule has 0 bridgehead atoms. The molecule has 0 saturated carbocycles. The molecule has 0 fully saturated rings. The average Bonchev–Trinajstić information content (AvgIpc) is 2.65. The van der Waals surface area contributed by atoms with Crippen molar-refractivity contribution in [3.63, 3.8) is 0 Å². The number of alkyl carbamates (subject to hydrolysis) is 2. The van der Waals surface area contributed by atoms with Crippen LogP contribution in [0.4, 0.5) is 9.59 Å². The fourth-order valence-corrected chi connectivity index (χ4v) is 2.88. The van der Waals surface area contributed by atoms with Gasteiger partial charge in [0, 0.05) is 6.92 Å². The first-order valence-corrected chi connectivity index (χ1v) is 11.8. The fourth-order valence-electron chi connectivity index (χ4n) is 2.88. The lowest BCUT2D eigenvalue weighted by molar-refractivity contribution is -0.153. The van der Waals surface area contributed by atoms with E-state index in [2.05, 4.69) is 20.9 Å². The van der Waals surface area contributed by atoms with Gasteiger partial charge in [0.1, 0.15) is 11.2 Å². The summed E-state index contributed by atoms with van der Waals surface area (Å²) in [6.07, 6.45) is -1.10. The summed E-state index contributed by atoms with van der Waals surface area (Å²) in [6, 6.07) is 0. The summed E-state index contributed by atoms with van der Waals surface area (Å²) in [5.74, 6) is -1.69. The van der Waals surface area contributed by atoms with Crippen LogP contribution in [0, 0.1) is 0 Å². The first-order chi connectivity index (χ1) is 16.4. The van der Waals surface area contributed by atoms with Gasteiger partial charge in [0.15, 0.2) is 5.54 Å². The molecule has 3 amide bonds. The third-order valence-electron chi connectivity index (χ3n) is 4.14. The molecule has 13 nitrogen and oxygen atoms in total. The normalized spacial score (nSPS) is 12.9. The van der Waals surface area contributed by atoms with Crippen molar-refractivity contribution >= 4 is 37.1 Å². The zero-order chi connectivity index (χ0) is 28.2. The van der Waals surface area contributed by atoms with E-state index in [9.17, 15) is 19.2 Å². The number of amides is 3. The van der Waals surface area contributed by atoms with E-state index in [1.807, 2.05) is 0 Å². The quantitative estimate of drug-likeness (QED) is 0.0716. The van der Waals surface area contributed by atoms with Crippen LogP contribution in [0.15, 0.2) is 4.99 Å². The van der Waals surface area contributed by atoms with E-state index in [-0.39, 0.29) is 25.3 Å². The molecule has 1 unspecified atom stereocenters. The van der Waals surface area contributed by atoms with E-state index in [0.717, 1.165) is 0 Å². The van der Waals surface area contributed by atoms with Gasteiger partial charge in [-0.05, 0) is 61.2 Å². The molecule has 0 heterocycles. The second kappa shape index (κ2) is 14.6. The summed E-state index contributed by atoms with van der Waals surface area (Å²) in [5, 5.41) is 25.4. The van der Waals surface area contributed by atoms with E-state index >= 15 is 0 Å². The van der Waals surface area contributed by atoms with Crippen LogP contribution in [-0.4, -0.2) is 77.1 Å². The summed E-state index contributed by atoms with van der Waals surface area (Å²) in [7, 11) is -1.51. The standard InChI is InChI=1S/C22H41BN4O9/c1-9-34-16(29)22(27-15(2)28,12-10-11-13-23(32)33)14-24-17(25-18(30)35-20(3,4)5)26-19(31)36-21(6,7)8/h32-33H,9-14H2,1-8H3,(H,27,28)(H2,24,25,26,30,31). The number of carbonyl (C=O) groups is 4. The van der Waals surface area contributed by atoms with E-state index in [1.54, 1.807) is 48.5 Å². The lowest BCUT2D eigenvalue weighted by Crippen LogP contribution is -2.58. The highest BCUT2D eigenvalue weighted by atomic mass is 16.6. The Bertz CT molecular complexity index is 759. The number of aliphatic imine (C=N–C) groups is 1. The monoisotopic (exact) mass is 516 g/mol. The molecule has 36 heavy (non-hydrogen) atoms. The van der Waals surface area contributed by atoms with E-state index in [4.69, 9.17) is 24.3 Å². The molecule has 0 aromatic heterocycles. The van der Waals surface area contributed by atoms with E-state index in [1.165, 1.54) is 6.92 Å². The van der Waals surface area contributed by atoms with Crippen LogP contribution in [-0.2, 0) is 23.8 Å². The highest BCUT2D eigenvalue weighted by Gasteiger charge is 2.41. The lowest BCUT2D eigenvalue weighted by atomic mass is 9.82. The molecule has 0 aliphatic rings. The summed E-state index contributed by atoms with van der Waals surface area (Å²) in [6.45, 7) is 12.3. The maximum Gasteiger partial charge on any atom is 0.451 e. The highest BCUT2D eigenvalue weighted by molar-refractivity contribution is 6.40. The Hall–Kier alpha value is -2.87. The van der Waals surface area contributed by atoms with Crippen LogP contribution in [0.1, 0.15) is 74.7 Å². The highest BCUT2D eigenvalue weighted by Crippen LogP contribution is 2.20. The van der Waals surface area contributed by atoms with Gasteiger partial charge in [-0.15, -0.1) is 0 Å². The van der Waals surface area contributed by atoms with Gasteiger partial charge in [-0.1, -0.05) is 12.8 Å². The molecular formula is C22H41BN4O9. The number of rotatable bonds is 10. The molecule has 0 aromatic carbocycles. The predicted octanol–water partition coefficient (Wildman–Crippen LogP) is 1.47.